The third kappa shape index (κ3) is 2.62. The number of benzene rings is 2. The first-order valence-corrected chi connectivity index (χ1v) is 7.39. The zero-order valence-corrected chi connectivity index (χ0v) is 13.8. The van der Waals surface area contributed by atoms with Gasteiger partial charge in [0, 0.05) is 17.7 Å². The minimum absolute atomic E-state index is 0.125. The highest BCUT2D eigenvalue weighted by molar-refractivity contribution is 6.02. The van der Waals surface area contributed by atoms with E-state index >= 15 is 0 Å². The zero-order chi connectivity index (χ0) is 17.3. The van der Waals surface area contributed by atoms with Gasteiger partial charge in [0.2, 0.25) is 0 Å². The first-order valence-electron chi connectivity index (χ1n) is 7.39. The topological polar surface area (TPSA) is 84.0 Å². The molecule has 0 bridgehead atoms. The Morgan fingerprint density at radius 1 is 1.04 bits per heavy atom. The van der Waals surface area contributed by atoms with Gasteiger partial charge in [0.1, 0.15) is 11.3 Å². The highest BCUT2D eigenvalue weighted by Crippen LogP contribution is 2.30. The van der Waals surface area contributed by atoms with Crippen molar-refractivity contribution in [3.63, 3.8) is 0 Å². The Labute approximate surface area is 139 Å². The number of aromatic nitrogens is 2. The molecule has 0 fully saturated rings. The smallest absolute Gasteiger partial charge is 0.163 e. The van der Waals surface area contributed by atoms with Crippen molar-refractivity contribution in [3.05, 3.63) is 59.2 Å². The van der Waals surface area contributed by atoms with E-state index in [0.29, 0.717) is 22.5 Å². The molecule has 24 heavy (non-hydrogen) atoms. The summed E-state index contributed by atoms with van der Waals surface area (Å²) in [6.45, 7) is 2.00. The van der Waals surface area contributed by atoms with Gasteiger partial charge in [-0.15, -0.1) is 0 Å². The van der Waals surface area contributed by atoms with Gasteiger partial charge in [0.05, 0.1) is 31.4 Å². The van der Waals surface area contributed by atoms with E-state index in [9.17, 15) is 0 Å². The molecule has 1 aromatic heterocycles. The van der Waals surface area contributed by atoms with Gasteiger partial charge in [0.15, 0.2) is 11.5 Å². The Kier molecular flexibility index (Phi) is 4.04. The number of aryl methyl sites for hydroxylation is 1. The Morgan fingerprint density at radius 2 is 1.67 bits per heavy atom. The lowest BCUT2D eigenvalue weighted by Crippen LogP contribution is -2.28. The second-order valence-corrected chi connectivity index (χ2v) is 5.39. The average Bonchev–Trinajstić information content (AvgIpc) is 2.60. The fourth-order valence-electron chi connectivity index (χ4n) is 2.54. The quantitative estimate of drug-likeness (QED) is 0.574. The van der Waals surface area contributed by atoms with Gasteiger partial charge in [-0.25, -0.2) is 0 Å². The molecule has 6 heteroatoms. The molecular weight excluding hydrogens is 304 g/mol. The summed E-state index contributed by atoms with van der Waals surface area (Å²) in [5.41, 5.74) is 3.21. The minimum atomic E-state index is 0.125. The van der Waals surface area contributed by atoms with Gasteiger partial charge in [-0.2, -0.15) is 0 Å². The number of hydrogen-bond acceptors (Lipinski definition) is 5. The molecule has 3 aromatic rings. The molecule has 2 aromatic carbocycles. The number of hydrogen-bond donors (Lipinski definition) is 2. The lowest BCUT2D eigenvalue weighted by atomic mass is 10.1. The van der Waals surface area contributed by atoms with Crippen LogP contribution >= 0.6 is 0 Å². The summed E-state index contributed by atoms with van der Waals surface area (Å²) in [6.07, 6.45) is 1.43. The Balaban J connectivity index is 2.26. The number of methoxy groups -OCH3 is 2. The van der Waals surface area contributed by atoms with Crippen LogP contribution in [0.2, 0.25) is 0 Å². The molecule has 0 aliphatic heterocycles. The number of nitrogens with one attached hydrogen (secondary N) is 2. The molecule has 6 nitrogen and oxygen atoms in total. The van der Waals surface area contributed by atoms with Crippen LogP contribution in [0.3, 0.4) is 0 Å². The minimum Gasteiger partial charge on any atom is -0.493 e. The highest BCUT2D eigenvalue weighted by Gasteiger charge is 2.13. The summed E-state index contributed by atoms with van der Waals surface area (Å²) < 4.78 is 12.2. The molecular formula is C18H18N4O2. The van der Waals surface area contributed by atoms with Crippen LogP contribution in [-0.4, -0.2) is 29.6 Å². The Bertz CT molecular complexity index is 975. The van der Waals surface area contributed by atoms with Crippen molar-refractivity contribution < 1.29 is 9.47 Å². The number of ether oxygens (including phenoxy) is 2. The molecule has 1 heterocycles. The van der Waals surface area contributed by atoms with Crippen LogP contribution < -0.4 is 15.0 Å². The van der Waals surface area contributed by atoms with Crippen LogP contribution in [0, 0.1) is 17.7 Å². The second-order valence-electron chi connectivity index (χ2n) is 5.39. The van der Waals surface area contributed by atoms with Gasteiger partial charge >= 0.3 is 0 Å². The van der Waals surface area contributed by atoms with Gasteiger partial charge in [-0.05, 0) is 6.92 Å². The molecule has 0 aliphatic rings. The first-order chi connectivity index (χ1) is 11.5. The molecule has 0 saturated carbocycles. The van der Waals surface area contributed by atoms with Crippen LogP contribution in [0.15, 0.2) is 42.6 Å². The molecule has 0 amide bonds. The predicted octanol–water partition coefficient (Wildman–Crippen LogP) is 2.72. The highest BCUT2D eigenvalue weighted by atomic mass is 16.5. The van der Waals surface area contributed by atoms with Crippen molar-refractivity contribution in [1.82, 2.24) is 9.55 Å². The molecule has 122 valence electrons. The largest absolute Gasteiger partial charge is 0.493 e. The summed E-state index contributed by atoms with van der Waals surface area (Å²) in [7, 11) is 3.11. The van der Waals surface area contributed by atoms with Crippen LogP contribution in [0.4, 0.5) is 0 Å². The lowest BCUT2D eigenvalue weighted by molar-refractivity contribution is 0.355. The van der Waals surface area contributed by atoms with Crippen molar-refractivity contribution in [2.24, 2.45) is 0 Å². The molecule has 0 saturated heterocycles. The van der Waals surface area contributed by atoms with Crippen molar-refractivity contribution in [3.8, 4) is 11.5 Å². The summed E-state index contributed by atoms with van der Waals surface area (Å²) in [5, 5.41) is 16.7. The number of rotatable bonds is 3. The van der Waals surface area contributed by atoms with Crippen molar-refractivity contribution >= 4 is 16.9 Å². The van der Waals surface area contributed by atoms with Gasteiger partial charge in [-0.1, -0.05) is 29.8 Å². The fraction of sp³-hybridized carbons (Fsp3) is 0.167. The van der Waals surface area contributed by atoms with Crippen LogP contribution in [0.25, 0.3) is 11.0 Å². The molecule has 0 radical (unpaired) electrons. The molecule has 0 spiro atoms. The monoisotopic (exact) mass is 322 g/mol. The van der Waals surface area contributed by atoms with Crippen LogP contribution in [0.1, 0.15) is 11.1 Å². The average molecular weight is 322 g/mol. The van der Waals surface area contributed by atoms with Gasteiger partial charge in [0.25, 0.3) is 0 Å². The van der Waals surface area contributed by atoms with E-state index in [1.165, 1.54) is 10.8 Å². The predicted molar refractivity (Wildman–Crippen MR) is 92.1 cm³/mol. The van der Waals surface area contributed by atoms with Gasteiger partial charge in [-0.3, -0.25) is 20.4 Å². The van der Waals surface area contributed by atoms with E-state index in [2.05, 4.69) is 4.98 Å². The van der Waals surface area contributed by atoms with Crippen LogP contribution in [0.5, 0.6) is 11.5 Å². The van der Waals surface area contributed by atoms with E-state index < -0.39 is 0 Å². The second kappa shape index (κ2) is 6.16. The standard InChI is InChI=1S/C18H18N4O2/c1-11-4-6-12(7-5-11)18(20)22-14-9-16(24-3)15(23-2)8-13(14)21-10-17(22)19/h4-10,19-20H,1-3H3. The van der Waals surface area contributed by atoms with Crippen molar-refractivity contribution in [2.45, 2.75) is 6.92 Å². The van der Waals surface area contributed by atoms with Crippen LogP contribution in [-0.2, 0) is 0 Å². The van der Waals surface area contributed by atoms with E-state index in [1.54, 1.807) is 26.4 Å². The summed E-state index contributed by atoms with van der Waals surface area (Å²) in [4.78, 5) is 4.28. The maximum Gasteiger partial charge on any atom is 0.163 e. The molecule has 2 N–H and O–H groups in total. The van der Waals surface area contributed by atoms with E-state index in [1.807, 2.05) is 31.2 Å². The Morgan fingerprint density at radius 3 is 2.29 bits per heavy atom. The lowest BCUT2D eigenvalue weighted by Gasteiger charge is -2.15. The third-order valence-electron chi connectivity index (χ3n) is 3.84. The van der Waals surface area contributed by atoms with Gasteiger partial charge < -0.3 is 9.47 Å². The van der Waals surface area contributed by atoms with E-state index in [4.69, 9.17) is 20.3 Å². The number of nitrogens with zero attached hydrogens (tertiary/aromatic N) is 2. The molecule has 0 unspecified atom stereocenters. The third-order valence-corrected chi connectivity index (χ3v) is 3.84. The summed E-state index contributed by atoms with van der Waals surface area (Å²) >= 11 is 0. The summed E-state index contributed by atoms with van der Waals surface area (Å²) in [6, 6.07) is 11.1. The SMILES string of the molecule is COc1cc2ncc(=N)n(C(=N)c3ccc(C)cc3)c2cc1OC. The normalized spacial score (nSPS) is 10.6. The first kappa shape index (κ1) is 15.7. The maximum atomic E-state index is 8.53. The molecule has 0 aliphatic carbocycles. The van der Waals surface area contributed by atoms with E-state index in [0.717, 1.165) is 11.1 Å². The van der Waals surface area contributed by atoms with Crippen molar-refractivity contribution in [1.29, 1.82) is 10.8 Å². The molecule has 3 rings (SSSR count). The zero-order valence-electron chi connectivity index (χ0n) is 13.8. The maximum absolute atomic E-state index is 8.53. The summed E-state index contributed by atoms with van der Waals surface area (Å²) in [5.74, 6) is 1.30. The number of fused-ring (bicyclic) bond motifs is 1. The Hall–Kier alpha value is -3.15. The van der Waals surface area contributed by atoms with Crippen molar-refractivity contribution in [2.75, 3.05) is 14.2 Å². The molecule has 0 atom stereocenters. The fourth-order valence-corrected chi connectivity index (χ4v) is 2.54. The van der Waals surface area contributed by atoms with E-state index in [-0.39, 0.29) is 11.3 Å².